The van der Waals surface area contributed by atoms with Crippen LogP contribution in [0.1, 0.15) is 45.8 Å². The Hall–Kier alpha value is -3.14. The summed E-state index contributed by atoms with van der Waals surface area (Å²) in [5, 5.41) is 2.41. The zero-order chi connectivity index (χ0) is 25.7. The maximum atomic E-state index is 14.8. The molecule has 1 fully saturated rings. The van der Waals surface area contributed by atoms with E-state index in [2.05, 4.69) is 5.32 Å². The highest BCUT2D eigenvalue weighted by Crippen LogP contribution is 2.34. The molecule has 13 heteroatoms. The molecular formula is C22H15B3ClF2N3O4. The normalized spacial score (nSPS) is 18.8. The number of halogens is 3. The number of hydrogen-bond donors (Lipinski definition) is 1. The van der Waals surface area contributed by atoms with Crippen LogP contribution in [0.3, 0.4) is 0 Å². The molecule has 2 heterocycles. The van der Waals surface area contributed by atoms with Crippen molar-refractivity contribution in [2.75, 3.05) is 0 Å². The van der Waals surface area contributed by atoms with Gasteiger partial charge in [0.05, 0.1) is 0 Å². The molecule has 7 nitrogen and oxygen atoms in total. The van der Waals surface area contributed by atoms with E-state index in [9.17, 15) is 28.0 Å². The second-order valence-corrected chi connectivity index (χ2v) is 8.72. The van der Waals surface area contributed by atoms with E-state index in [0.717, 1.165) is 12.1 Å². The predicted molar refractivity (Wildman–Crippen MR) is 124 cm³/mol. The minimum absolute atomic E-state index is 0.0157. The van der Waals surface area contributed by atoms with Gasteiger partial charge in [-0.15, -0.1) is 0 Å². The average Bonchev–Trinajstić information content (AvgIpc) is 3.14. The molecule has 0 aromatic heterocycles. The van der Waals surface area contributed by atoms with Crippen LogP contribution in [-0.2, 0) is 26.9 Å². The van der Waals surface area contributed by atoms with Gasteiger partial charge in [0, 0.05) is 35.1 Å². The lowest BCUT2D eigenvalue weighted by molar-refractivity contribution is -0.154. The molecule has 4 rings (SSSR count). The first-order valence-corrected chi connectivity index (χ1v) is 10.8. The standard InChI is InChI=1S/C22H15B3ClF2N3O4/c23-14-8-10(18(24)31(25)21(35)22(27,28)12-1-3-13(26)4-2-12)7-11-9-30(20(34)17(11)14)15-5-6-16(32)29-19(15)33/h1-4,7-8,15,18H,5-6,9H2,(H,29,32,33). The summed E-state index contributed by atoms with van der Waals surface area (Å²) >= 11 is 5.72. The van der Waals surface area contributed by atoms with Gasteiger partial charge >= 0.3 is 5.92 Å². The Bertz CT molecular complexity index is 1250. The van der Waals surface area contributed by atoms with E-state index in [1.807, 2.05) is 0 Å². The molecule has 0 aliphatic carbocycles. The zero-order valence-electron chi connectivity index (χ0n) is 18.1. The molecule has 172 valence electrons. The van der Waals surface area contributed by atoms with Crippen molar-refractivity contribution in [3.05, 3.63) is 63.7 Å². The Kier molecular flexibility index (Phi) is 6.53. The Morgan fingerprint density at radius 2 is 1.86 bits per heavy atom. The summed E-state index contributed by atoms with van der Waals surface area (Å²) in [4.78, 5) is 50.6. The lowest BCUT2D eigenvalue weighted by Crippen LogP contribution is -2.52. The van der Waals surface area contributed by atoms with Crippen LogP contribution < -0.4 is 10.8 Å². The second-order valence-electron chi connectivity index (χ2n) is 8.28. The Morgan fingerprint density at radius 3 is 2.49 bits per heavy atom. The number of amides is 4. The first kappa shape index (κ1) is 25.0. The van der Waals surface area contributed by atoms with E-state index >= 15 is 0 Å². The summed E-state index contributed by atoms with van der Waals surface area (Å²) < 4.78 is 29.5. The molecule has 4 amide bonds. The summed E-state index contributed by atoms with van der Waals surface area (Å²) in [6.07, 6.45) is 0.232. The number of piperidine rings is 1. The predicted octanol–water partition coefficient (Wildman–Crippen LogP) is 0.766. The molecule has 1 N–H and O–H groups in total. The molecule has 6 radical (unpaired) electrons. The number of benzene rings is 2. The van der Waals surface area contributed by atoms with E-state index in [1.165, 1.54) is 29.2 Å². The highest BCUT2D eigenvalue weighted by molar-refractivity contribution is 6.37. The third-order valence-electron chi connectivity index (χ3n) is 6.03. The topological polar surface area (TPSA) is 86.8 Å². The molecule has 35 heavy (non-hydrogen) atoms. The van der Waals surface area contributed by atoms with Crippen molar-refractivity contribution >= 4 is 64.4 Å². The number of rotatable bonds is 5. The van der Waals surface area contributed by atoms with Crippen LogP contribution in [-0.4, -0.2) is 63.1 Å². The lowest BCUT2D eigenvalue weighted by atomic mass is 9.79. The van der Waals surface area contributed by atoms with Crippen molar-refractivity contribution in [1.29, 1.82) is 0 Å². The highest BCUT2D eigenvalue weighted by Gasteiger charge is 2.44. The first-order chi connectivity index (χ1) is 16.4. The van der Waals surface area contributed by atoms with Crippen molar-refractivity contribution in [3.63, 3.8) is 0 Å². The Morgan fingerprint density at radius 1 is 1.20 bits per heavy atom. The van der Waals surface area contributed by atoms with E-state index in [4.69, 9.17) is 35.3 Å². The fraction of sp³-hybridized carbons (Fsp3) is 0.273. The largest absolute Gasteiger partial charge is 0.393 e. The molecule has 2 atom stereocenters. The van der Waals surface area contributed by atoms with Gasteiger partial charge in [-0.2, -0.15) is 8.78 Å². The van der Waals surface area contributed by atoms with Gasteiger partial charge in [0.25, 0.3) is 11.8 Å². The van der Waals surface area contributed by atoms with E-state index in [-0.39, 0.29) is 45.8 Å². The smallest absolute Gasteiger partial charge is 0.348 e. The van der Waals surface area contributed by atoms with E-state index < -0.39 is 47.1 Å². The van der Waals surface area contributed by atoms with Crippen molar-refractivity contribution < 1.29 is 28.0 Å². The molecule has 0 bridgehead atoms. The summed E-state index contributed by atoms with van der Waals surface area (Å²) in [6.45, 7) is -0.0232. The SMILES string of the molecule is [B]c1cc(C([B])N([B])C(=O)C(F)(F)c2ccc(Cl)cc2)cc2c1C(=O)N(C1CCC(=O)NC1=O)C2. The van der Waals surface area contributed by atoms with Gasteiger partial charge in [0.15, 0.2) is 0 Å². The van der Waals surface area contributed by atoms with Gasteiger partial charge in [-0.25, -0.2) is 0 Å². The monoisotopic (exact) mass is 491 g/mol. The van der Waals surface area contributed by atoms with Gasteiger partial charge in [-0.05, 0) is 29.7 Å². The molecule has 0 saturated carbocycles. The van der Waals surface area contributed by atoms with Crippen LogP contribution in [0.2, 0.25) is 5.02 Å². The number of carbonyl (C=O) groups is 4. The number of nitrogens with one attached hydrogen (secondary N) is 1. The highest BCUT2D eigenvalue weighted by atomic mass is 35.5. The first-order valence-electron chi connectivity index (χ1n) is 10.5. The van der Waals surface area contributed by atoms with E-state index in [0.29, 0.717) is 5.56 Å². The van der Waals surface area contributed by atoms with Crippen LogP contribution in [0, 0.1) is 0 Å². The molecule has 2 unspecified atom stereocenters. The second kappa shape index (κ2) is 9.15. The molecular weight excluding hydrogens is 476 g/mol. The maximum Gasteiger partial charge on any atom is 0.348 e. The van der Waals surface area contributed by atoms with Crippen molar-refractivity contribution in [2.24, 2.45) is 0 Å². The van der Waals surface area contributed by atoms with Gasteiger partial charge in [0.2, 0.25) is 19.8 Å². The summed E-state index contributed by atoms with van der Waals surface area (Å²) in [5.41, 5.74) is -0.00372. The molecule has 2 aliphatic heterocycles. The van der Waals surface area contributed by atoms with Gasteiger partial charge < -0.3 is 9.71 Å². The van der Waals surface area contributed by atoms with Crippen LogP contribution >= 0.6 is 11.6 Å². The van der Waals surface area contributed by atoms with Crippen LogP contribution in [0.5, 0.6) is 0 Å². The average molecular weight is 491 g/mol. The number of carbonyl (C=O) groups excluding carboxylic acids is 4. The molecule has 2 aromatic rings. The lowest BCUT2D eigenvalue weighted by Gasteiger charge is -2.31. The minimum atomic E-state index is -3.99. The van der Waals surface area contributed by atoms with Crippen LogP contribution in [0.4, 0.5) is 8.78 Å². The van der Waals surface area contributed by atoms with Gasteiger partial charge in [-0.3, -0.25) is 24.5 Å². The van der Waals surface area contributed by atoms with Crippen molar-refractivity contribution in [3.8, 4) is 0 Å². The number of hydrogen-bond acceptors (Lipinski definition) is 4. The molecule has 1 saturated heterocycles. The molecule has 0 spiro atoms. The molecule has 2 aromatic carbocycles. The fourth-order valence-electron chi connectivity index (χ4n) is 4.17. The van der Waals surface area contributed by atoms with E-state index in [1.54, 1.807) is 0 Å². The number of alkyl halides is 2. The quantitative estimate of drug-likeness (QED) is 0.495. The Labute approximate surface area is 208 Å². The minimum Gasteiger partial charge on any atom is -0.393 e. The van der Waals surface area contributed by atoms with Crippen LogP contribution in [0.15, 0.2) is 36.4 Å². The Balaban J connectivity index is 1.57. The maximum absolute atomic E-state index is 14.8. The van der Waals surface area contributed by atoms with Crippen LogP contribution in [0.25, 0.3) is 0 Å². The fourth-order valence-corrected chi connectivity index (χ4v) is 4.30. The number of fused-ring (bicyclic) bond motifs is 1. The van der Waals surface area contributed by atoms with Gasteiger partial charge in [0.1, 0.15) is 21.7 Å². The van der Waals surface area contributed by atoms with Crippen molar-refractivity contribution in [1.82, 2.24) is 15.0 Å². The summed E-state index contributed by atoms with van der Waals surface area (Å²) in [5.74, 6) is -8.80. The number of nitrogens with zero attached hydrogens (tertiary/aromatic N) is 2. The summed E-state index contributed by atoms with van der Waals surface area (Å²) in [7, 11) is 17.8. The summed E-state index contributed by atoms with van der Waals surface area (Å²) in [6, 6.07) is 6.26. The van der Waals surface area contributed by atoms with Gasteiger partial charge in [-0.1, -0.05) is 41.3 Å². The number of imide groups is 1. The molecule has 2 aliphatic rings. The third-order valence-corrected chi connectivity index (χ3v) is 6.28. The van der Waals surface area contributed by atoms with Crippen molar-refractivity contribution in [2.45, 2.75) is 37.3 Å². The third kappa shape index (κ3) is 4.47. The zero-order valence-corrected chi connectivity index (χ0v) is 18.9.